The highest BCUT2D eigenvalue weighted by Gasteiger charge is 2.02. The summed E-state index contributed by atoms with van der Waals surface area (Å²) in [6.45, 7) is 0. The van der Waals surface area contributed by atoms with E-state index in [1.165, 1.54) is 0 Å². The fourth-order valence-corrected chi connectivity index (χ4v) is 1.35. The van der Waals surface area contributed by atoms with Gasteiger partial charge in [-0.15, -0.1) is 10.2 Å². The van der Waals surface area contributed by atoms with Gasteiger partial charge >= 0.3 is 0 Å². The van der Waals surface area contributed by atoms with Crippen molar-refractivity contribution in [3.8, 4) is 0 Å². The Hall–Kier alpha value is 0.01000. The summed E-state index contributed by atoms with van der Waals surface area (Å²) in [5, 5.41) is 8.12. The first-order chi connectivity index (χ1) is 5.74. The summed E-state index contributed by atoms with van der Waals surface area (Å²) in [4.78, 5) is 0. The van der Waals surface area contributed by atoms with Crippen LogP contribution in [0.4, 0.5) is 0 Å². The second-order valence-corrected chi connectivity index (χ2v) is 3.50. The summed E-state index contributed by atoms with van der Waals surface area (Å²) in [6, 6.07) is 1.74. The van der Waals surface area contributed by atoms with Crippen LogP contribution < -0.4 is 0 Å². The van der Waals surface area contributed by atoms with Crippen molar-refractivity contribution in [1.82, 2.24) is 10.2 Å². The molecular formula is C7H8Cl2N2S. The zero-order valence-corrected chi connectivity index (χ0v) is 8.70. The number of aromatic nitrogens is 2. The molecule has 1 aromatic rings. The first-order valence-electron chi connectivity index (χ1n) is 3.52. The lowest BCUT2D eigenvalue weighted by atomic mass is 10.2. The molecule has 0 fully saturated rings. The molecule has 0 spiro atoms. The smallest absolute Gasteiger partial charge is 0.155 e. The fraction of sp³-hybridized carbons (Fsp3) is 0.429. The van der Waals surface area contributed by atoms with Crippen molar-refractivity contribution in [2.24, 2.45) is 0 Å². The van der Waals surface area contributed by atoms with Gasteiger partial charge in [0.1, 0.15) is 0 Å². The normalized spacial score (nSPS) is 10.2. The maximum Gasteiger partial charge on any atom is 0.155 e. The molecule has 0 aliphatic carbocycles. The second kappa shape index (κ2) is 4.90. The van der Waals surface area contributed by atoms with Crippen molar-refractivity contribution in [3.63, 3.8) is 0 Å². The van der Waals surface area contributed by atoms with E-state index < -0.39 is 0 Å². The Balaban J connectivity index is 2.75. The summed E-state index contributed by atoms with van der Waals surface area (Å²) in [5.74, 6) is 0.830. The average molecular weight is 223 g/mol. The summed E-state index contributed by atoms with van der Waals surface area (Å²) < 4.78 is 0. The molecule has 5 heteroatoms. The van der Waals surface area contributed by atoms with Crippen LogP contribution in [-0.2, 0) is 6.42 Å². The van der Waals surface area contributed by atoms with Gasteiger partial charge in [0.15, 0.2) is 10.3 Å². The molecule has 0 saturated heterocycles. The zero-order valence-electron chi connectivity index (χ0n) is 6.30. The van der Waals surface area contributed by atoms with Crippen molar-refractivity contribution >= 4 is 35.8 Å². The van der Waals surface area contributed by atoms with Crippen LogP contribution in [0.3, 0.4) is 0 Å². The van der Waals surface area contributed by atoms with E-state index in [1.54, 1.807) is 6.07 Å². The van der Waals surface area contributed by atoms with E-state index in [0.29, 0.717) is 10.3 Å². The summed E-state index contributed by atoms with van der Waals surface area (Å²) >= 11 is 15.5. The number of rotatable bonds is 3. The summed E-state index contributed by atoms with van der Waals surface area (Å²) in [6.07, 6.45) is 1.81. The van der Waals surface area contributed by atoms with Gasteiger partial charge in [-0.05, 0) is 30.2 Å². The van der Waals surface area contributed by atoms with Crippen molar-refractivity contribution in [2.45, 2.75) is 12.8 Å². The molecule has 0 atom stereocenters. The van der Waals surface area contributed by atoms with Gasteiger partial charge in [-0.1, -0.05) is 23.2 Å². The van der Waals surface area contributed by atoms with Crippen LogP contribution in [0.15, 0.2) is 6.07 Å². The largest absolute Gasteiger partial charge is 0.179 e. The Bertz CT molecular complexity index is 268. The van der Waals surface area contributed by atoms with Crippen molar-refractivity contribution in [3.05, 3.63) is 21.9 Å². The van der Waals surface area contributed by atoms with E-state index >= 15 is 0 Å². The molecule has 0 N–H and O–H groups in total. The third-order valence-corrected chi connectivity index (χ3v) is 2.22. The number of hydrogen-bond donors (Lipinski definition) is 1. The van der Waals surface area contributed by atoms with Crippen molar-refractivity contribution in [2.75, 3.05) is 5.75 Å². The zero-order chi connectivity index (χ0) is 8.97. The maximum absolute atomic E-state index is 5.77. The molecule has 1 heterocycles. The molecule has 0 aliphatic rings. The molecule has 2 nitrogen and oxygen atoms in total. The van der Waals surface area contributed by atoms with E-state index in [9.17, 15) is 0 Å². The minimum Gasteiger partial charge on any atom is -0.179 e. The third kappa shape index (κ3) is 2.81. The molecule has 1 aromatic heterocycles. The quantitative estimate of drug-likeness (QED) is 0.797. The minimum atomic E-state index is 0.383. The molecule has 0 amide bonds. The highest BCUT2D eigenvalue weighted by atomic mass is 35.5. The lowest BCUT2D eigenvalue weighted by Crippen LogP contribution is -1.93. The number of nitrogens with zero attached hydrogens (tertiary/aromatic N) is 2. The highest BCUT2D eigenvalue weighted by molar-refractivity contribution is 7.80. The maximum atomic E-state index is 5.77. The van der Waals surface area contributed by atoms with Gasteiger partial charge in [0, 0.05) is 0 Å². The fourth-order valence-electron chi connectivity index (χ4n) is 0.833. The number of thiol groups is 1. The van der Waals surface area contributed by atoms with Crippen molar-refractivity contribution in [1.29, 1.82) is 0 Å². The van der Waals surface area contributed by atoms with Crippen LogP contribution in [0.2, 0.25) is 10.3 Å². The number of hydrogen-bond acceptors (Lipinski definition) is 3. The van der Waals surface area contributed by atoms with Crippen LogP contribution in [0.5, 0.6) is 0 Å². The molecule has 1 rings (SSSR count). The molecule has 66 valence electrons. The van der Waals surface area contributed by atoms with Gasteiger partial charge in [0.05, 0.1) is 0 Å². The van der Waals surface area contributed by atoms with Gasteiger partial charge in [0.25, 0.3) is 0 Å². The highest BCUT2D eigenvalue weighted by Crippen LogP contribution is 2.16. The van der Waals surface area contributed by atoms with Gasteiger partial charge in [-0.2, -0.15) is 12.6 Å². The molecule has 0 aliphatic heterocycles. The van der Waals surface area contributed by atoms with E-state index in [1.807, 2.05) is 0 Å². The van der Waals surface area contributed by atoms with Crippen LogP contribution in [0.25, 0.3) is 0 Å². The van der Waals surface area contributed by atoms with Crippen LogP contribution in [-0.4, -0.2) is 16.0 Å². The number of aryl methyl sites for hydroxylation is 1. The Morgan fingerprint density at radius 2 is 2.08 bits per heavy atom. The average Bonchev–Trinajstić information content (AvgIpc) is 2.07. The predicted octanol–water partition coefficient (Wildman–Crippen LogP) is 2.65. The van der Waals surface area contributed by atoms with Gasteiger partial charge < -0.3 is 0 Å². The summed E-state index contributed by atoms with van der Waals surface area (Å²) in [7, 11) is 0. The Morgan fingerprint density at radius 3 is 2.75 bits per heavy atom. The van der Waals surface area contributed by atoms with E-state index in [2.05, 4.69) is 22.8 Å². The van der Waals surface area contributed by atoms with Crippen LogP contribution in [0.1, 0.15) is 12.0 Å². The molecule has 12 heavy (non-hydrogen) atoms. The Morgan fingerprint density at radius 1 is 1.33 bits per heavy atom. The Kier molecular flexibility index (Phi) is 4.12. The minimum absolute atomic E-state index is 0.383. The standard InChI is InChI=1S/C7H8Cl2N2S/c8-6-4-5(2-1-3-12)7(9)11-10-6/h4,12H,1-3H2. The van der Waals surface area contributed by atoms with Crippen molar-refractivity contribution < 1.29 is 0 Å². The van der Waals surface area contributed by atoms with Gasteiger partial charge in [-0.3, -0.25) is 0 Å². The predicted molar refractivity (Wildman–Crippen MR) is 54.2 cm³/mol. The van der Waals surface area contributed by atoms with E-state index in [-0.39, 0.29) is 0 Å². The molecular weight excluding hydrogens is 215 g/mol. The number of halogens is 2. The first-order valence-corrected chi connectivity index (χ1v) is 4.91. The molecule has 0 aromatic carbocycles. The van der Waals surface area contributed by atoms with E-state index in [0.717, 1.165) is 24.2 Å². The van der Waals surface area contributed by atoms with Crippen LogP contribution in [0, 0.1) is 0 Å². The second-order valence-electron chi connectivity index (χ2n) is 2.31. The lowest BCUT2D eigenvalue weighted by Gasteiger charge is -2.00. The first kappa shape index (κ1) is 10.1. The molecule has 0 unspecified atom stereocenters. The molecule has 0 radical (unpaired) electrons. The third-order valence-electron chi connectivity index (χ3n) is 1.40. The lowest BCUT2D eigenvalue weighted by molar-refractivity contribution is 0.903. The van der Waals surface area contributed by atoms with E-state index in [4.69, 9.17) is 23.2 Å². The molecule has 0 saturated carbocycles. The SMILES string of the molecule is SCCCc1cc(Cl)nnc1Cl. The van der Waals surface area contributed by atoms with Gasteiger partial charge in [-0.25, -0.2) is 0 Å². The van der Waals surface area contributed by atoms with Gasteiger partial charge in [0.2, 0.25) is 0 Å². The summed E-state index contributed by atoms with van der Waals surface area (Å²) in [5.41, 5.74) is 0.936. The molecule has 0 bridgehead atoms. The Labute approximate surface area is 86.7 Å². The monoisotopic (exact) mass is 222 g/mol. The van der Waals surface area contributed by atoms with Crippen LogP contribution >= 0.6 is 35.8 Å². The topological polar surface area (TPSA) is 25.8 Å².